The summed E-state index contributed by atoms with van der Waals surface area (Å²) in [4.78, 5) is 61.2. The lowest BCUT2D eigenvalue weighted by atomic mass is 10.0. The van der Waals surface area contributed by atoms with E-state index in [-0.39, 0.29) is 25.1 Å². The van der Waals surface area contributed by atoms with Crippen LogP contribution in [0.1, 0.15) is 22.5 Å². The molecule has 1 fully saturated rings. The molecule has 3 aromatic rings. The molecule has 0 spiro atoms. The average molecular weight is 532 g/mol. The molecule has 12 heteroatoms. The fraction of sp³-hybridized carbons (Fsp3) is 0.259. The summed E-state index contributed by atoms with van der Waals surface area (Å²) in [5.41, 5.74) is 6.93. The number of primary amides is 1. The molecule has 0 unspecified atom stereocenters. The molecular weight excluding hydrogens is 502 g/mol. The van der Waals surface area contributed by atoms with Crippen molar-refractivity contribution in [1.82, 2.24) is 25.5 Å². The van der Waals surface area contributed by atoms with Crippen LogP contribution in [0.3, 0.4) is 0 Å². The Bertz CT molecular complexity index is 1320. The van der Waals surface area contributed by atoms with Crippen molar-refractivity contribution < 1.29 is 23.9 Å². The van der Waals surface area contributed by atoms with Crippen LogP contribution in [0.15, 0.2) is 73.2 Å². The number of likely N-dealkylation sites (tertiary alicyclic amines) is 1. The van der Waals surface area contributed by atoms with Crippen LogP contribution in [0.5, 0.6) is 5.75 Å². The van der Waals surface area contributed by atoms with Gasteiger partial charge >= 0.3 is 6.03 Å². The number of amides is 5. The first kappa shape index (κ1) is 27.0. The van der Waals surface area contributed by atoms with Gasteiger partial charge in [-0.3, -0.25) is 19.4 Å². The Kier molecular flexibility index (Phi) is 8.67. The lowest BCUT2D eigenvalue weighted by molar-refractivity contribution is -0.130. The molecule has 39 heavy (non-hydrogen) atoms. The number of nitrogens with one attached hydrogen (secondary N) is 3. The number of carbonyl (C=O) groups is 4. The van der Waals surface area contributed by atoms with Crippen molar-refractivity contribution in [1.29, 1.82) is 0 Å². The molecule has 0 aliphatic carbocycles. The summed E-state index contributed by atoms with van der Waals surface area (Å²) in [7, 11) is 1.51. The second-order valence-electron chi connectivity index (χ2n) is 8.91. The predicted octanol–water partition coefficient (Wildman–Crippen LogP) is 1.10. The van der Waals surface area contributed by atoms with Gasteiger partial charge in [0.15, 0.2) is 0 Å². The number of aromatic nitrogens is 2. The number of rotatable bonds is 9. The average Bonchev–Trinajstić information content (AvgIpc) is 3.36. The van der Waals surface area contributed by atoms with E-state index in [4.69, 9.17) is 10.5 Å². The molecule has 5 amide bonds. The molecule has 1 saturated heterocycles. The third-order valence-corrected chi connectivity index (χ3v) is 6.30. The van der Waals surface area contributed by atoms with E-state index in [1.807, 2.05) is 30.3 Å². The Labute approximate surface area is 225 Å². The zero-order chi connectivity index (χ0) is 27.8. The third-order valence-electron chi connectivity index (χ3n) is 6.30. The lowest BCUT2D eigenvalue weighted by Gasteiger charge is -2.29. The minimum absolute atomic E-state index is 0.0486. The van der Waals surface area contributed by atoms with Crippen molar-refractivity contribution in [2.45, 2.75) is 31.0 Å². The molecule has 202 valence electrons. The first-order chi connectivity index (χ1) is 18.9. The van der Waals surface area contributed by atoms with E-state index >= 15 is 0 Å². The summed E-state index contributed by atoms with van der Waals surface area (Å²) in [5, 5.41) is 8.17. The minimum Gasteiger partial charge on any atom is -0.497 e. The van der Waals surface area contributed by atoms with Crippen LogP contribution >= 0.6 is 0 Å². The largest absolute Gasteiger partial charge is 0.497 e. The second-order valence-corrected chi connectivity index (χ2v) is 8.91. The normalized spacial score (nSPS) is 17.1. The summed E-state index contributed by atoms with van der Waals surface area (Å²) < 4.78 is 5.18. The Balaban J connectivity index is 1.54. The molecule has 0 radical (unpaired) electrons. The van der Waals surface area contributed by atoms with Crippen molar-refractivity contribution in [3.63, 3.8) is 0 Å². The fourth-order valence-electron chi connectivity index (χ4n) is 4.42. The Morgan fingerprint density at radius 1 is 1.10 bits per heavy atom. The van der Waals surface area contributed by atoms with Gasteiger partial charge in [-0.25, -0.2) is 9.78 Å². The summed E-state index contributed by atoms with van der Waals surface area (Å²) in [5.74, 6) is -1.32. The Morgan fingerprint density at radius 2 is 1.90 bits per heavy atom. The molecule has 0 bridgehead atoms. The molecular formula is C27H29N7O5. The highest BCUT2D eigenvalue weighted by Crippen LogP contribution is 2.22. The van der Waals surface area contributed by atoms with Gasteiger partial charge in [0.1, 0.15) is 23.5 Å². The topological polar surface area (TPSA) is 169 Å². The van der Waals surface area contributed by atoms with Gasteiger partial charge in [-0.15, -0.1) is 0 Å². The lowest BCUT2D eigenvalue weighted by Crippen LogP contribution is -2.58. The number of hydrogen-bond donors (Lipinski definition) is 4. The van der Waals surface area contributed by atoms with Gasteiger partial charge in [0.2, 0.25) is 11.8 Å². The van der Waals surface area contributed by atoms with Crippen molar-refractivity contribution in [2.24, 2.45) is 5.73 Å². The van der Waals surface area contributed by atoms with Gasteiger partial charge in [-0.2, -0.15) is 0 Å². The number of nitrogens with two attached hydrogens (primary N) is 1. The third kappa shape index (κ3) is 6.86. The van der Waals surface area contributed by atoms with Crippen molar-refractivity contribution in [2.75, 3.05) is 19.0 Å². The first-order valence-corrected chi connectivity index (χ1v) is 12.3. The number of methoxy groups -OCH3 is 1. The first-order valence-electron chi connectivity index (χ1n) is 12.3. The number of carbonyl (C=O) groups excluding carboxylic acids is 4. The van der Waals surface area contributed by atoms with Gasteiger partial charge in [-0.1, -0.05) is 36.4 Å². The van der Waals surface area contributed by atoms with Crippen LogP contribution in [0.25, 0.3) is 0 Å². The maximum atomic E-state index is 13.6. The molecule has 2 aromatic carbocycles. The van der Waals surface area contributed by atoms with Crippen LogP contribution < -0.4 is 26.4 Å². The molecule has 12 nitrogen and oxygen atoms in total. The standard InChI is InChI=1S/C27H29N7O5/c1-39-19-9-5-8-18(15-19)31-27(38)33-20-10-13-34(26(37)22-16-29-11-12-30-22)23(20)25(36)32-21(24(28)35)14-17-6-3-2-4-7-17/h2-9,11-12,15-16,20-21,23H,10,13-14H2,1H3,(H2,28,35)(H,32,36)(H2,31,33,38)/t20-,21+,23-/m0/s1. The van der Waals surface area contributed by atoms with Gasteiger partial charge < -0.3 is 31.3 Å². The van der Waals surface area contributed by atoms with Gasteiger partial charge in [0.25, 0.3) is 5.91 Å². The highest BCUT2D eigenvalue weighted by Gasteiger charge is 2.44. The van der Waals surface area contributed by atoms with Crippen molar-refractivity contribution in [3.8, 4) is 5.75 Å². The van der Waals surface area contributed by atoms with Crippen LogP contribution in [-0.2, 0) is 16.0 Å². The zero-order valence-electron chi connectivity index (χ0n) is 21.2. The van der Waals surface area contributed by atoms with Gasteiger partial charge in [0.05, 0.1) is 19.3 Å². The summed E-state index contributed by atoms with van der Waals surface area (Å²) in [6.07, 6.45) is 4.56. The quantitative estimate of drug-likeness (QED) is 0.320. The fourth-order valence-corrected chi connectivity index (χ4v) is 4.42. The van der Waals surface area contributed by atoms with Crippen LogP contribution in [0.4, 0.5) is 10.5 Å². The molecule has 3 atom stereocenters. The highest BCUT2D eigenvalue weighted by molar-refractivity contribution is 5.98. The molecule has 0 saturated carbocycles. The number of urea groups is 1. The number of nitrogens with zero attached hydrogens (tertiary/aromatic N) is 3. The predicted molar refractivity (Wildman–Crippen MR) is 142 cm³/mol. The van der Waals surface area contributed by atoms with E-state index < -0.39 is 41.9 Å². The van der Waals surface area contributed by atoms with E-state index in [0.29, 0.717) is 11.4 Å². The van der Waals surface area contributed by atoms with Gasteiger partial charge in [-0.05, 0) is 24.1 Å². The SMILES string of the molecule is COc1cccc(NC(=O)N[C@H]2CCN(C(=O)c3cnccn3)[C@@H]2C(=O)N[C@H](Cc2ccccc2)C(N)=O)c1. The Hall–Kier alpha value is -5.00. The summed E-state index contributed by atoms with van der Waals surface area (Å²) in [6.45, 7) is 0.164. The molecule has 2 heterocycles. The van der Waals surface area contributed by atoms with Crippen LogP contribution in [0.2, 0.25) is 0 Å². The summed E-state index contributed by atoms with van der Waals surface area (Å²) >= 11 is 0. The number of anilines is 1. The maximum absolute atomic E-state index is 13.6. The van der Waals surface area contributed by atoms with E-state index in [2.05, 4.69) is 25.9 Å². The van der Waals surface area contributed by atoms with E-state index in [0.717, 1.165) is 5.56 Å². The van der Waals surface area contributed by atoms with E-state index in [1.54, 1.807) is 24.3 Å². The molecule has 5 N–H and O–H groups in total. The zero-order valence-corrected chi connectivity index (χ0v) is 21.2. The molecule has 1 aromatic heterocycles. The molecule has 1 aliphatic heterocycles. The number of hydrogen-bond acceptors (Lipinski definition) is 7. The second kappa shape index (κ2) is 12.5. The monoisotopic (exact) mass is 531 g/mol. The van der Waals surface area contributed by atoms with Crippen molar-refractivity contribution in [3.05, 3.63) is 84.4 Å². The van der Waals surface area contributed by atoms with E-state index in [9.17, 15) is 19.2 Å². The van der Waals surface area contributed by atoms with Crippen molar-refractivity contribution >= 4 is 29.4 Å². The number of benzene rings is 2. The number of ether oxygens (including phenoxy) is 1. The molecule has 1 aliphatic rings. The maximum Gasteiger partial charge on any atom is 0.319 e. The van der Waals surface area contributed by atoms with Crippen LogP contribution in [0, 0.1) is 0 Å². The Morgan fingerprint density at radius 3 is 2.59 bits per heavy atom. The van der Waals surface area contributed by atoms with E-state index in [1.165, 1.54) is 30.6 Å². The van der Waals surface area contributed by atoms with Gasteiger partial charge in [0, 0.05) is 37.1 Å². The smallest absolute Gasteiger partial charge is 0.319 e. The summed E-state index contributed by atoms with van der Waals surface area (Å²) in [6, 6.07) is 12.4. The minimum atomic E-state index is -1.13. The molecule has 4 rings (SSSR count). The van der Waals surface area contributed by atoms with Crippen LogP contribution in [-0.4, -0.2) is 70.4 Å². The highest BCUT2D eigenvalue weighted by atomic mass is 16.5.